The van der Waals surface area contributed by atoms with Crippen molar-refractivity contribution in [1.82, 2.24) is 19.9 Å². The maximum Gasteiger partial charge on any atom is 0.300 e. The smallest absolute Gasteiger partial charge is 0.300 e. The Morgan fingerprint density at radius 1 is 1.10 bits per heavy atom. The molecule has 2 aromatic heterocycles. The van der Waals surface area contributed by atoms with E-state index in [4.69, 9.17) is 25.5 Å². The molecular formula is C20H21N7O4. The van der Waals surface area contributed by atoms with Gasteiger partial charge in [-0.15, -0.1) is 0 Å². The molecule has 1 aliphatic rings. The zero-order chi connectivity index (χ0) is 22.8. The second-order valence-electron chi connectivity index (χ2n) is 6.15. The summed E-state index contributed by atoms with van der Waals surface area (Å²) in [6, 6.07) is 5.85. The number of hydrogen-bond donors (Lipinski definition) is 4. The van der Waals surface area contributed by atoms with Crippen molar-refractivity contribution < 1.29 is 19.8 Å². The van der Waals surface area contributed by atoms with E-state index in [9.17, 15) is 0 Å². The SMILES string of the molecule is CC(=O)O.CC(=O)O.Nc1nccc(Nc2cc3c(c(-c4cncnc4)c2)CN=C3)n1. The summed E-state index contributed by atoms with van der Waals surface area (Å²) in [5, 5.41) is 18.1. The molecule has 0 saturated heterocycles. The quantitative estimate of drug-likeness (QED) is 0.489. The fourth-order valence-corrected chi connectivity index (χ4v) is 2.58. The molecule has 0 atom stereocenters. The molecule has 0 spiro atoms. The van der Waals surface area contributed by atoms with Crippen LogP contribution in [0.1, 0.15) is 25.0 Å². The first-order valence-electron chi connectivity index (χ1n) is 8.93. The van der Waals surface area contributed by atoms with Crippen LogP contribution in [0.15, 0.2) is 48.1 Å². The molecule has 3 aromatic rings. The van der Waals surface area contributed by atoms with Gasteiger partial charge in [0.05, 0.1) is 6.54 Å². The standard InChI is InChI=1S/C16H13N7.2C2H4O2/c17-16-21-2-1-15(23-16)22-12-3-10-5-18-8-14(10)13(4-12)11-6-19-9-20-7-11;2*1-2(3)4/h1-7,9H,8H2,(H3,17,21,22,23);2*1H3,(H,3,4). The Morgan fingerprint density at radius 2 is 1.74 bits per heavy atom. The highest BCUT2D eigenvalue weighted by atomic mass is 16.4. The van der Waals surface area contributed by atoms with Crippen molar-refractivity contribution in [3.63, 3.8) is 0 Å². The van der Waals surface area contributed by atoms with Crippen LogP contribution >= 0.6 is 0 Å². The molecule has 5 N–H and O–H groups in total. The predicted molar refractivity (Wildman–Crippen MR) is 115 cm³/mol. The largest absolute Gasteiger partial charge is 0.481 e. The number of nitrogens with zero attached hydrogens (tertiary/aromatic N) is 5. The molecule has 0 fully saturated rings. The number of nitrogens with two attached hydrogens (primary N) is 1. The second kappa shape index (κ2) is 11.0. The highest BCUT2D eigenvalue weighted by molar-refractivity contribution is 5.91. The average Bonchev–Trinajstić information content (AvgIpc) is 3.16. The Balaban J connectivity index is 0.000000370. The number of carboxylic acid groups (broad SMARTS) is 2. The third-order valence-electron chi connectivity index (χ3n) is 3.58. The molecule has 0 aliphatic carbocycles. The summed E-state index contributed by atoms with van der Waals surface area (Å²) >= 11 is 0. The van der Waals surface area contributed by atoms with E-state index in [1.54, 1.807) is 24.7 Å². The zero-order valence-corrected chi connectivity index (χ0v) is 16.9. The second-order valence-corrected chi connectivity index (χ2v) is 6.15. The maximum absolute atomic E-state index is 9.00. The first kappa shape index (κ1) is 22.9. The Bertz CT molecular complexity index is 1070. The van der Waals surface area contributed by atoms with Gasteiger partial charge in [0.1, 0.15) is 12.1 Å². The van der Waals surface area contributed by atoms with Crippen molar-refractivity contribution in [2.24, 2.45) is 4.99 Å². The topological polar surface area (TPSA) is 177 Å². The first-order chi connectivity index (χ1) is 14.8. The highest BCUT2D eigenvalue weighted by Gasteiger charge is 2.15. The van der Waals surface area contributed by atoms with E-state index in [2.05, 4.69) is 30.2 Å². The van der Waals surface area contributed by atoms with Gasteiger partial charge in [0.15, 0.2) is 0 Å². The van der Waals surface area contributed by atoms with Gasteiger partial charge in [0, 0.05) is 55.5 Å². The minimum atomic E-state index is -0.833. The summed E-state index contributed by atoms with van der Waals surface area (Å²) in [7, 11) is 0. The fourth-order valence-electron chi connectivity index (χ4n) is 2.58. The van der Waals surface area contributed by atoms with Crippen molar-refractivity contribution in [2.75, 3.05) is 11.1 Å². The Labute approximate surface area is 177 Å². The van der Waals surface area contributed by atoms with Gasteiger partial charge in [0.2, 0.25) is 5.95 Å². The van der Waals surface area contributed by atoms with Gasteiger partial charge in [-0.1, -0.05) is 0 Å². The first-order valence-corrected chi connectivity index (χ1v) is 8.93. The van der Waals surface area contributed by atoms with E-state index in [1.807, 2.05) is 18.3 Å². The number of rotatable bonds is 3. The lowest BCUT2D eigenvalue weighted by atomic mass is 9.97. The van der Waals surface area contributed by atoms with E-state index in [0.717, 1.165) is 36.2 Å². The monoisotopic (exact) mass is 423 g/mol. The lowest BCUT2D eigenvalue weighted by Gasteiger charge is -2.12. The van der Waals surface area contributed by atoms with E-state index in [0.29, 0.717) is 12.4 Å². The van der Waals surface area contributed by atoms with Gasteiger partial charge in [-0.25, -0.2) is 15.0 Å². The minimum absolute atomic E-state index is 0.231. The van der Waals surface area contributed by atoms with E-state index >= 15 is 0 Å². The highest BCUT2D eigenvalue weighted by Crippen LogP contribution is 2.32. The molecule has 31 heavy (non-hydrogen) atoms. The van der Waals surface area contributed by atoms with Gasteiger partial charge in [-0.2, -0.15) is 4.98 Å². The van der Waals surface area contributed by atoms with Crippen LogP contribution in [-0.4, -0.2) is 48.3 Å². The van der Waals surface area contributed by atoms with Gasteiger partial charge >= 0.3 is 0 Å². The number of aromatic nitrogens is 4. The molecule has 160 valence electrons. The van der Waals surface area contributed by atoms with Crippen LogP contribution in [0.4, 0.5) is 17.5 Å². The molecule has 0 amide bonds. The lowest BCUT2D eigenvalue weighted by Crippen LogP contribution is -2.00. The lowest BCUT2D eigenvalue weighted by molar-refractivity contribution is -0.135. The zero-order valence-electron chi connectivity index (χ0n) is 16.9. The Morgan fingerprint density at radius 3 is 2.35 bits per heavy atom. The summed E-state index contributed by atoms with van der Waals surface area (Å²) < 4.78 is 0. The summed E-state index contributed by atoms with van der Waals surface area (Å²) in [4.78, 5) is 38.6. The summed E-state index contributed by atoms with van der Waals surface area (Å²) in [6.07, 6.45) is 8.61. The molecule has 1 aliphatic heterocycles. The predicted octanol–water partition coefficient (Wildman–Crippen LogP) is 2.37. The molecule has 0 saturated carbocycles. The minimum Gasteiger partial charge on any atom is -0.481 e. The Kier molecular flexibility index (Phi) is 8.08. The molecular weight excluding hydrogens is 402 g/mol. The molecule has 0 radical (unpaired) electrons. The van der Waals surface area contributed by atoms with Crippen molar-refractivity contribution >= 4 is 35.6 Å². The summed E-state index contributed by atoms with van der Waals surface area (Å²) in [6.45, 7) is 2.83. The molecule has 11 heteroatoms. The molecule has 11 nitrogen and oxygen atoms in total. The van der Waals surface area contributed by atoms with Crippen molar-refractivity contribution in [1.29, 1.82) is 0 Å². The van der Waals surface area contributed by atoms with Gasteiger partial charge in [-0.05, 0) is 29.3 Å². The number of hydrogen-bond acceptors (Lipinski definition) is 9. The van der Waals surface area contributed by atoms with Crippen LogP contribution in [-0.2, 0) is 16.1 Å². The number of nitrogens with one attached hydrogen (secondary N) is 1. The average molecular weight is 423 g/mol. The van der Waals surface area contributed by atoms with Gasteiger partial charge in [0.25, 0.3) is 11.9 Å². The third-order valence-corrected chi connectivity index (χ3v) is 3.58. The van der Waals surface area contributed by atoms with Crippen molar-refractivity contribution in [3.05, 3.63) is 54.2 Å². The number of anilines is 3. The number of carbonyl (C=O) groups is 2. The summed E-state index contributed by atoms with van der Waals surface area (Å²) in [5.41, 5.74) is 10.8. The molecule has 3 heterocycles. The summed E-state index contributed by atoms with van der Waals surface area (Å²) in [5.74, 6) is -0.794. The number of carboxylic acids is 2. The van der Waals surface area contributed by atoms with Crippen LogP contribution in [0.25, 0.3) is 11.1 Å². The fraction of sp³-hybridized carbons (Fsp3) is 0.150. The third kappa shape index (κ3) is 7.49. The van der Waals surface area contributed by atoms with Crippen LogP contribution in [0.2, 0.25) is 0 Å². The van der Waals surface area contributed by atoms with Crippen LogP contribution in [0.3, 0.4) is 0 Å². The van der Waals surface area contributed by atoms with Gasteiger partial charge in [-0.3, -0.25) is 14.6 Å². The van der Waals surface area contributed by atoms with Crippen LogP contribution in [0, 0.1) is 0 Å². The number of aliphatic imine (C=N–C) groups is 1. The molecule has 1 aromatic carbocycles. The molecule has 4 rings (SSSR count). The van der Waals surface area contributed by atoms with E-state index < -0.39 is 11.9 Å². The maximum atomic E-state index is 9.00. The Hall–Kier alpha value is -4.41. The number of nitrogen functional groups attached to an aromatic ring is 1. The number of aliphatic carboxylic acids is 2. The molecule has 0 bridgehead atoms. The van der Waals surface area contributed by atoms with Crippen molar-refractivity contribution in [2.45, 2.75) is 20.4 Å². The van der Waals surface area contributed by atoms with Crippen LogP contribution in [0.5, 0.6) is 0 Å². The number of benzene rings is 1. The van der Waals surface area contributed by atoms with Gasteiger partial charge < -0.3 is 21.3 Å². The number of fused-ring (bicyclic) bond motifs is 1. The molecule has 0 unspecified atom stereocenters. The van der Waals surface area contributed by atoms with E-state index in [1.165, 1.54) is 11.9 Å². The van der Waals surface area contributed by atoms with Crippen LogP contribution < -0.4 is 11.1 Å². The van der Waals surface area contributed by atoms with Crippen molar-refractivity contribution in [3.8, 4) is 11.1 Å². The van der Waals surface area contributed by atoms with E-state index in [-0.39, 0.29) is 5.95 Å². The normalized spacial score (nSPS) is 10.6.